The van der Waals surface area contributed by atoms with Crippen LogP contribution in [0.4, 0.5) is 11.4 Å². The van der Waals surface area contributed by atoms with Crippen molar-refractivity contribution in [3.63, 3.8) is 0 Å². The van der Waals surface area contributed by atoms with Crippen molar-refractivity contribution in [3.05, 3.63) is 46.7 Å². The zero-order chi connectivity index (χ0) is 13.8. The van der Waals surface area contributed by atoms with Crippen LogP contribution in [0, 0.1) is 0 Å². The van der Waals surface area contributed by atoms with Crippen molar-refractivity contribution in [2.75, 3.05) is 18.2 Å². The van der Waals surface area contributed by atoms with Crippen LogP contribution in [0.3, 0.4) is 0 Å². The van der Waals surface area contributed by atoms with Gasteiger partial charge >= 0.3 is 0 Å². The van der Waals surface area contributed by atoms with Crippen LogP contribution >= 0.6 is 15.9 Å². The summed E-state index contributed by atoms with van der Waals surface area (Å²) < 4.78 is 5.74. The van der Waals surface area contributed by atoms with E-state index < -0.39 is 0 Å². The van der Waals surface area contributed by atoms with E-state index in [1.807, 2.05) is 0 Å². The first kappa shape index (κ1) is 13.4. The van der Waals surface area contributed by atoms with Gasteiger partial charge in [-0.15, -0.1) is 0 Å². The molecule has 2 aromatic rings. The Morgan fingerprint density at radius 2 is 2.21 bits per heavy atom. The molecule has 1 amide bonds. The number of ether oxygens (including phenoxy) is 1. The smallest absolute Gasteiger partial charge is 0.257 e. The highest BCUT2D eigenvalue weighted by Gasteiger charge is 2.12. The van der Waals surface area contributed by atoms with Crippen molar-refractivity contribution in [2.45, 2.75) is 0 Å². The minimum atomic E-state index is -0.285. The lowest BCUT2D eigenvalue weighted by molar-refractivity contribution is 0.102. The number of carbonyl (C=O) groups excluding carboxylic acids is 1. The predicted octanol–water partition coefficient (Wildman–Crippen LogP) is 2.69. The van der Waals surface area contributed by atoms with Crippen molar-refractivity contribution >= 4 is 33.2 Å². The number of carbonyl (C=O) groups is 1. The molecule has 5 nitrogen and oxygen atoms in total. The predicted molar refractivity (Wildman–Crippen MR) is 77.3 cm³/mol. The summed E-state index contributed by atoms with van der Waals surface area (Å²) in [4.78, 5) is 16.0. The fourth-order valence-electron chi connectivity index (χ4n) is 1.54. The highest BCUT2D eigenvalue weighted by atomic mass is 79.9. The summed E-state index contributed by atoms with van der Waals surface area (Å²) in [5, 5.41) is 2.76. The Morgan fingerprint density at radius 1 is 1.42 bits per heavy atom. The molecule has 0 bridgehead atoms. The molecule has 0 spiro atoms. The number of nitrogens with one attached hydrogen (secondary N) is 1. The molecule has 0 radical (unpaired) electrons. The number of pyridine rings is 1. The molecule has 0 aliphatic carbocycles. The maximum absolute atomic E-state index is 12.1. The molecule has 0 atom stereocenters. The van der Waals surface area contributed by atoms with E-state index in [1.165, 1.54) is 0 Å². The molecule has 0 aliphatic rings. The second-order valence-electron chi connectivity index (χ2n) is 3.76. The molecule has 0 saturated heterocycles. The van der Waals surface area contributed by atoms with Crippen molar-refractivity contribution in [2.24, 2.45) is 0 Å². The second kappa shape index (κ2) is 5.71. The summed E-state index contributed by atoms with van der Waals surface area (Å²) in [5.74, 6) is 0.325. The summed E-state index contributed by atoms with van der Waals surface area (Å²) in [6, 6.07) is 6.61. The number of nitrogens with two attached hydrogens (primary N) is 1. The number of nitrogens with zero attached hydrogens (tertiary/aromatic N) is 1. The Bertz CT molecular complexity index is 617. The number of nitrogen functional groups attached to an aromatic ring is 1. The fourth-order valence-corrected chi connectivity index (χ4v) is 1.89. The Labute approximate surface area is 118 Å². The average Bonchev–Trinajstić information content (AvgIpc) is 2.41. The van der Waals surface area contributed by atoms with Crippen LogP contribution in [-0.4, -0.2) is 18.0 Å². The quantitative estimate of drug-likeness (QED) is 0.852. The van der Waals surface area contributed by atoms with Crippen LogP contribution in [0.1, 0.15) is 10.4 Å². The van der Waals surface area contributed by atoms with Crippen LogP contribution in [0.5, 0.6) is 5.75 Å². The molecule has 98 valence electrons. The van der Waals surface area contributed by atoms with Crippen LogP contribution in [0.2, 0.25) is 0 Å². The molecule has 3 N–H and O–H groups in total. The van der Waals surface area contributed by atoms with Gasteiger partial charge in [0.15, 0.2) is 0 Å². The third kappa shape index (κ3) is 3.03. The highest BCUT2D eigenvalue weighted by molar-refractivity contribution is 9.10. The number of benzene rings is 1. The van der Waals surface area contributed by atoms with Gasteiger partial charge in [0.2, 0.25) is 0 Å². The first-order valence-corrected chi connectivity index (χ1v) is 6.25. The zero-order valence-corrected chi connectivity index (χ0v) is 11.8. The van der Waals surface area contributed by atoms with Gasteiger partial charge in [0.25, 0.3) is 5.91 Å². The molecule has 19 heavy (non-hydrogen) atoms. The van der Waals surface area contributed by atoms with E-state index in [-0.39, 0.29) is 5.91 Å². The molecular weight excluding hydrogens is 310 g/mol. The van der Waals surface area contributed by atoms with E-state index in [0.29, 0.717) is 27.2 Å². The maximum atomic E-state index is 12.1. The van der Waals surface area contributed by atoms with E-state index in [0.717, 1.165) is 0 Å². The first-order valence-electron chi connectivity index (χ1n) is 5.46. The lowest BCUT2D eigenvalue weighted by Crippen LogP contribution is -2.14. The number of halogens is 1. The molecule has 0 aliphatic heterocycles. The molecule has 0 saturated carbocycles. The molecule has 1 aromatic heterocycles. The summed E-state index contributed by atoms with van der Waals surface area (Å²) in [5.41, 5.74) is 7.22. The summed E-state index contributed by atoms with van der Waals surface area (Å²) >= 11 is 3.31. The van der Waals surface area contributed by atoms with E-state index in [9.17, 15) is 4.79 Å². The Balaban J connectivity index is 2.23. The van der Waals surface area contributed by atoms with Crippen LogP contribution in [-0.2, 0) is 0 Å². The van der Waals surface area contributed by atoms with Gasteiger partial charge in [-0.05, 0) is 34.1 Å². The van der Waals surface area contributed by atoms with Gasteiger partial charge in [-0.2, -0.15) is 0 Å². The Morgan fingerprint density at radius 3 is 2.84 bits per heavy atom. The van der Waals surface area contributed by atoms with Crippen molar-refractivity contribution in [3.8, 4) is 5.75 Å². The largest absolute Gasteiger partial charge is 0.497 e. The van der Waals surface area contributed by atoms with Crippen molar-refractivity contribution in [1.82, 2.24) is 4.98 Å². The molecule has 0 fully saturated rings. The molecule has 2 rings (SSSR count). The minimum Gasteiger partial charge on any atom is -0.497 e. The van der Waals surface area contributed by atoms with E-state index in [2.05, 4.69) is 26.2 Å². The summed E-state index contributed by atoms with van der Waals surface area (Å²) in [7, 11) is 1.54. The van der Waals surface area contributed by atoms with Gasteiger partial charge < -0.3 is 15.8 Å². The van der Waals surface area contributed by atoms with Crippen LogP contribution < -0.4 is 15.8 Å². The number of methoxy groups -OCH3 is 1. The Hall–Kier alpha value is -2.08. The van der Waals surface area contributed by atoms with Crippen molar-refractivity contribution < 1.29 is 9.53 Å². The topological polar surface area (TPSA) is 77.2 Å². The van der Waals surface area contributed by atoms with Gasteiger partial charge in [0, 0.05) is 24.1 Å². The van der Waals surface area contributed by atoms with Crippen LogP contribution in [0.25, 0.3) is 0 Å². The monoisotopic (exact) mass is 321 g/mol. The molecule has 0 unspecified atom stereocenters. The standard InChI is InChI=1S/C13H12BrN3O2/c1-19-8-2-3-9(11(15)6-8)13(18)17-12-4-5-16-7-10(12)14/h2-7H,15H2,1H3,(H,16,17,18). The maximum Gasteiger partial charge on any atom is 0.257 e. The lowest BCUT2D eigenvalue weighted by Gasteiger charge is -2.09. The van der Waals surface area contributed by atoms with Crippen LogP contribution in [0.15, 0.2) is 41.1 Å². The van der Waals surface area contributed by atoms with Gasteiger partial charge in [-0.1, -0.05) is 0 Å². The normalized spacial score (nSPS) is 10.0. The molecule has 6 heteroatoms. The van der Waals surface area contributed by atoms with Gasteiger partial charge in [-0.3, -0.25) is 9.78 Å². The number of aromatic nitrogens is 1. The third-order valence-corrected chi connectivity index (χ3v) is 3.16. The van der Waals surface area contributed by atoms with Gasteiger partial charge in [0.1, 0.15) is 5.75 Å². The average molecular weight is 322 g/mol. The first-order chi connectivity index (χ1) is 9.11. The zero-order valence-electron chi connectivity index (χ0n) is 10.2. The molecule has 1 heterocycles. The lowest BCUT2D eigenvalue weighted by atomic mass is 10.1. The fraction of sp³-hybridized carbons (Fsp3) is 0.0769. The number of hydrogen-bond donors (Lipinski definition) is 2. The third-order valence-electron chi connectivity index (χ3n) is 2.52. The summed E-state index contributed by atoms with van der Waals surface area (Å²) in [6.45, 7) is 0. The van der Waals surface area contributed by atoms with E-state index >= 15 is 0 Å². The number of anilines is 2. The summed E-state index contributed by atoms with van der Waals surface area (Å²) in [6.07, 6.45) is 3.20. The van der Waals surface area contributed by atoms with Crippen molar-refractivity contribution in [1.29, 1.82) is 0 Å². The highest BCUT2D eigenvalue weighted by Crippen LogP contribution is 2.23. The van der Waals surface area contributed by atoms with E-state index in [4.69, 9.17) is 10.5 Å². The number of amides is 1. The number of rotatable bonds is 3. The SMILES string of the molecule is COc1ccc(C(=O)Nc2ccncc2Br)c(N)c1. The molecular formula is C13H12BrN3O2. The van der Waals surface area contributed by atoms with E-state index in [1.54, 1.807) is 43.8 Å². The van der Waals surface area contributed by atoms with Gasteiger partial charge in [0.05, 0.1) is 22.8 Å². The minimum absolute atomic E-state index is 0.285. The van der Waals surface area contributed by atoms with Gasteiger partial charge in [-0.25, -0.2) is 0 Å². The Kier molecular flexibility index (Phi) is 4.01. The number of hydrogen-bond acceptors (Lipinski definition) is 4. The second-order valence-corrected chi connectivity index (χ2v) is 4.62. The molecule has 1 aromatic carbocycles.